The van der Waals surface area contributed by atoms with Gasteiger partial charge in [0.15, 0.2) is 0 Å². The molecule has 3 N–H and O–H groups in total. The van der Waals surface area contributed by atoms with E-state index in [-0.39, 0.29) is 0 Å². The molecular formula is C15H14ClN3O. The van der Waals surface area contributed by atoms with Crippen LogP contribution in [0.25, 0.3) is 0 Å². The number of aliphatic hydroxyl groups is 1. The van der Waals surface area contributed by atoms with Crippen LogP contribution in [0.5, 0.6) is 0 Å². The van der Waals surface area contributed by atoms with Crippen LogP contribution >= 0.6 is 11.6 Å². The third-order valence-electron chi connectivity index (χ3n) is 3.49. The molecule has 1 aliphatic rings. The number of fused-ring (bicyclic) bond motifs is 1. The summed E-state index contributed by atoms with van der Waals surface area (Å²) in [5, 5.41) is 13.0. The first-order valence-electron chi connectivity index (χ1n) is 6.21. The average molecular weight is 288 g/mol. The largest absolute Gasteiger partial charge is 0.362 e. The molecule has 0 bridgehead atoms. The second kappa shape index (κ2) is 4.59. The van der Waals surface area contributed by atoms with Crippen LogP contribution < -0.4 is 5.84 Å². The Labute approximate surface area is 122 Å². The summed E-state index contributed by atoms with van der Waals surface area (Å²) in [7, 11) is 0. The van der Waals surface area contributed by atoms with Crippen LogP contribution in [0.2, 0.25) is 5.02 Å². The van der Waals surface area contributed by atoms with Crippen molar-refractivity contribution in [2.24, 2.45) is 10.8 Å². The molecule has 2 aromatic carbocycles. The van der Waals surface area contributed by atoms with Crippen molar-refractivity contribution in [1.29, 1.82) is 0 Å². The molecule has 5 heteroatoms. The summed E-state index contributed by atoms with van der Waals surface area (Å²) in [5.41, 5.74) is 0.428. The molecule has 1 heterocycles. The lowest BCUT2D eigenvalue weighted by atomic mass is 9.91. The number of hydrogen-bond donors (Lipinski definition) is 2. The van der Waals surface area contributed by atoms with E-state index in [1.807, 2.05) is 30.3 Å². The molecule has 1 aliphatic heterocycles. The van der Waals surface area contributed by atoms with Crippen LogP contribution in [0.1, 0.15) is 18.1 Å². The Kier molecular flexibility index (Phi) is 3.01. The number of benzene rings is 2. The van der Waals surface area contributed by atoms with Crippen molar-refractivity contribution in [2.45, 2.75) is 12.6 Å². The lowest BCUT2D eigenvalue weighted by molar-refractivity contribution is -0.0411. The second-order valence-electron chi connectivity index (χ2n) is 4.73. The molecule has 0 spiro atoms. The predicted octanol–water partition coefficient (Wildman–Crippen LogP) is 2.77. The molecule has 1 atom stereocenters. The quantitative estimate of drug-likeness (QED) is 0.793. The van der Waals surface area contributed by atoms with Crippen molar-refractivity contribution in [2.75, 3.05) is 0 Å². The van der Waals surface area contributed by atoms with Crippen LogP contribution in [0.4, 0.5) is 5.69 Å². The summed E-state index contributed by atoms with van der Waals surface area (Å²) in [6.45, 7) is 1.76. The fourth-order valence-electron chi connectivity index (χ4n) is 2.44. The fourth-order valence-corrected chi connectivity index (χ4v) is 2.61. The first-order valence-corrected chi connectivity index (χ1v) is 6.59. The van der Waals surface area contributed by atoms with Gasteiger partial charge in [-0.1, -0.05) is 41.9 Å². The number of nitrogens with zero attached hydrogens (tertiary/aromatic N) is 2. The van der Waals surface area contributed by atoms with Crippen LogP contribution in [0.15, 0.2) is 53.5 Å². The normalized spacial score (nSPS) is 21.4. The minimum absolute atomic E-state index is 0.529. The highest BCUT2D eigenvalue weighted by Crippen LogP contribution is 2.41. The van der Waals surface area contributed by atoms with E-state index in [2.05, 4.69) is 4.99 Å². The van der Waals surface area contributed by atoms with E-state index in [9.17, 15) is 5.11 Å². The molecule has 0 aliphatic carbocycles. The van der Waals surface area contributed by atoms with Gasteiger partial charge >= 0.3 is 0 Å². The maximum Gasteiger partial charge on any atom is 0.207 e. The van der Waals surface area contributed by atoms with E-state index < -0.39 is 5.72 Å². The highest BCUT2D eigenvalue weighted by molar-refractivity contribution is 6.30. The van der Waals surface area contributed by atoms with Gasteiger partial charge in [0.2, 0.25) is 5.72 Å². The fraction of sp³-hybridized carbons (Fsp3) is 0.133. The van der Waals surface area contributed by atoms with E-state index >= 15 is 0 Å². The molecule has 102 valence electrons. The summed E-state index contributed by atoms with van der Waals surface area (Å²) in [4.78, 5) is 4.39. The maximum absolute atomic E-state index is 11.2. The Morgan fingerprint density at radius 3 is 2.60 bits per heavy atom. The van der Waals surface area contributed by atoms with Gasteiger partial charge in [0.1, 0.15) is 5.84 Å². The third kappa shape index (κ3) is 1.81. The average Bonchev–Trinajstić information content (AvgIpc) is 2.47. The van der Waals surface area contributed by atoms with Gasteiger partial charge in [-0.15, -0.1) is 0 Å². The minimum Gasteiger partial charge on any atom is -0.362 e. The predicted molar refractivity (Wildman–Crippen MR) is 79.7 cm³/mol. The van der Waals surface area contributed by atoms with Crippen molar-refractivity contribution in [1.82, 2.24) is 5.01 Å². The SMILES string of the molecule is CC1=Nc2ccc(Cl)cc2[C@](O)(c2ccccc2)N1N. The summed E-state index contributed by atoms with van der Waals surface area (Å²) in [5.74, 6) is 6.60. The number of hydrogen-bond acceptors (Lipinski definition) is 4. The van der Waals surface area contributed by atoms with Crippen molar-refractivity contribution in [3.63, 3.8) is 0 Å². The molecule has 0 saturated heterocycles. The zero-order valence-electron chi connectivity index (χ0n) is 10.9. The molecule has 0 radical (unpaired) electrons. The van der Waals surface area contributed by atoms with E-state index in [0.717, 1.165) is 0 Å². The Morgan fingerprint density at radius 1 is 1.20 bits per heavy atom. The topological polar surface area (TPSA) is 61.9 Å². The van der Waals surface area contributed by atoms with Gasteiger partial charge in [-0.25, -0.2) is 10.8 Å². The second-order valence-corrected chi connectivity index (χ2v) is 5.17. The lowest BCUT2D eigenvalue weighted by Gasteiger charge is -2.41. The van der Waals surface area contributed by atoms with Gasteiger partial charge in [-0.3, -0.25) is 5.01 Å². The Balaban J connectivity index is 2.30. The maximum atomic E-state index is 11.2. The molecule has 4 nitrogen and oxygen atoms in total. The summed E-state index contributed by atoms with van der Waals surface area (Å²) < 4.78 is 0. The minimum atomic E-state index is -1.48. The molecule has 3 rings (SSSR count). The molecule has 0 fully saturated rings. The number of amidine groups is 1. The number of nitrogens with two attached hydrogens (primary N) is 1. The number of rotatable bonds is 1. The zero-order chi connectivity index (χ0) is 14.3. The molecule has 0 saturated carbocycles. The van der Waals surface area contributed by atoms with Gasteiger partial charge in [0.05, 0.1) is 5.69 Å². The van der Waals surface area contributed by atoms with E-state index in [0.29, 0.717) is 27.7 Å². The van der Waals surface area contributed by atoms with Gasteiger partial charge in [-0.2, -0.15) is 0 Å². The standard InChI is InChI=1S/C15H14ClN3O/c1-10-18-14-8-7-12(16)9-13(14)15(20,19(10)17)11-5-3-2-4-6-11/h2-9,20H,17H2,1H3/t15-/m1/s1. The number of halogens is 1. The van der Waals surface area contributed by atoms with Gasteiger partial charge in [-0.05, 0) is 25.1 Å². The highest BCUT2D eigenvalue weighted by Gasteiger charge is 2.42. The molecule has 0 aromatic heterocycles. The molecule has 0 unspecified atom stereocenters. The monoisotopic (exact) mass is 287 g/mol. The lowest BCUT2D eigenvalue weighted by Crippen LogP contribution is -2.55. The Bertz CT molecular complexity index is 687. The third-order valence-corrected chi connectivity index (χ3v) is 3.73. The molecule has 20 heavy (non-hydrogen) atoms. The summed E-state index contributed by atoms with van der Waals surface area (Å²) >= 11 is 6.06. The number of hydrazine groups is 1. The van der Waals surface area contributed by atoms with Gasteiger partial charge in [0, 0.05) is 16.1 Å². The van der Waals surface area contributed by atoms with E-state index in [4.69, 9.17) is 17.4 Å². The van der Waals surface area contributed by atoms with Crippen molar-refractivity contribution in [3.8, 4) is 0 Å². The first kappa shape index (κ1) is 13.1. The smallest absolute Gasteiger partial charge is 0.207 e. The van der Waals surface area contributed by atoms with Gasteiger partial charge < -0.3 is 5.11 Å². The highest BCUT2D eigenvalue weighted by atomic mass is 35.5. The van der Waals surface area contributed by atoms with Crippen LogP contribution in [0.3, 0.4) is 0 Å². The number of aliphatic imine (C=N–C) groups is 1. The summed E-state index contributed by atoms with van der Waals surface area (Å²) in [6, 6.07) is 14.5. The van der Waals surface area contributed by atoms with Crippen LogP contribution in [0, 0.1) is 0 Å². The van der Waals surface area contributed by atoms with Crippen molar-refractivity contribution >= 4 is 23.1 Å². The van der Waals surface area contributed by atoms with Crippen LogP contribution in [-0.4, -0.2) is 16.0 Å². The van der Waals surface area contributed by atoms with E-state index in [1.165, 1.54) is 5.01 Å². The van der Waals surface area contributed by atoms with Crippen molar-refractivity contribution in [3.05, 3.63) is 64.7 Å². The first-order chi connectivity index (χ1) is 9.53. The molecular weight excluding hydrogens is 274 g/mol. The Morgan fingerprint density at radius 2 is 1.90 bits per heavy atom. The summed E-state index contributed by atoms with van der Waals surface area (Å²) in [6.07, 6.45) is 0. The van der Waals surface area contributed by atoms with Gasteiger partial charge in [0.25, 0.3) is 0 Å². The zero-order valence-corrected chi connectivity index (χ0v) is 11.7. The van der Waals surface area contributed by atoms with E-state index in [1.54, 1.807) is 25.1 Å². The molecule has 2 aromatic rings. The van der Waals surface area contributed by atoms with Crippen molar-refractivity contribution < 1.29 is 5.11 Å². The Hall–Kier alpha value is -1.88. The molecule has 0 amide bonds. The van der Waals surface area contributed by atoms with Crippen LogP contribution in [-0.2, 0) is 5.72 Å².